The van der Waals surface area contributed by atoms with Crippen LogP contribution in [0.15, 0.2) is 24.8 Å². The van der Waals surface area contributed by atoms with E-state index in [-0.39, 0.29) is 0 Å². The van der Waals surface area contributed by atoms with E-state index in [0.29, 0.717) is 5.15 Å². The van der Waals surface area contributed by atoms with Crippen molar-refractivity contribution in [1.82, 2.24) is 25.1 Å². The number of halogens is 1. The molecule has 0 radical (unpaired) electrons. The third-order valence-electron chi connectivity index (χ3n) is 2.19. The van der Waals surface area contributed by atoms with Gasteiger partial charge < -0.3 is 4.98 Å². The molecule has 74 valence electrons. The van der Waals surface area contributed by atoms with E-state index in [4.69, 9.17) is 11.6 Å². The van der Waals surface area contributed by atoms with E-state index in [0.717, 1.165) is 22.3 Å². The molecule has 0 saturated carbocycles. The Morgan fingerprint density at radius 1 is 1.27 bits per heavy atom. The molecule has 15 heavy (non-hydrogen) atoms. The minimum absolute atomic E-state index is 0.450. The van der Waals surface area contributed by atoms with Crippen LogP contribution in [0.1, 0.15) is 0 Å². The normalized spacial score (nSPS) is 11.0. The number of aromatic amines is 2. The second kappa shape index (κ2) is 3.06. The molecule has 0 atom stereocenters. The van der Waals surface area contributed by atoms with E-state index >= 15 is 0 Å². The molecule has 0 aliphatic heterocycles. The summed E-state index contributed by atoms with van der Waals surface area (Å²) in [5, 5.41) is 7.89. The number of hydrogen-bond donors (Lipinski definition) is 2. The number of rotatable bonds is 1. The summed E-state index contributed by atoms with van der Waals surface area (Å²) in [5.41, 5.74) is 2.61. The zero-order valence-electron chi connectivity index (χ0n) is 7.53. The third kappa shape index (κ3) is 1.28. The van der Waals surface area contributed by atoms with Gasteiger partial charge in [0.1, 0.15) is 17.1 Å². The van der Waals surface area contributed by atoms with Gasteiger partial charge in [-0.25, -0.2) is 9.97 Å². The van der Waals surface area contributed by atoms with Crippen LogP contribution in [-0.2, 0) is 0 Å². The molecule has 0 aromatic carbocycles. The molecule has 0 aliphatic carbocycles. The van der Waals surface area contributed by atoms with Crippen LogP contribution < -0.4 is 0 Å². The van der Waals surface area contributed by atoms with Crippen LogP contribution in [0, 0.1) is 0 Å². The number of nitrogens with one attached hydrogen (secondary N) is 2. The molecular formula is C9H6ClN5. The Hall–Kier alpha value is -1.88. The van der Waals surface area contributed by atoms with E-state index in [1.54, 1.807) is 12.4 Å². The van der Waals surface area contributed by atoms with Crippen LogP contribution in [0.5, 0.6) is 0 Å². The summed E-state index contributed by atoms with van der Waals surface area (Å²) in [6.07, 6.45) is 4.96. The van der Waals surface area contributed by atoms with Crippen molar-refractivity contribution in [2.24, 2.45) is 0 Å². The first kappa shape index (κ1) is 8.43. The van der Waals surface area contributed by atoms with Crippen molar-refractivity contribution in [3.05, 3.63) is 29.9 Å². The first-order valence-corrected chi connectivity index (χ1v) is 4.71. The summed E-state index contributed by atoms with van der Waals surface area (Å²) in [5.74, 6) is 0. The van der Waals surface area contributed by atoms with Crippen LogP contribution in [0.4, 0.5) is 0 Å². The molecule has 0 saturated heterocycles. The minimum atomic E-state index is 0.450. The molecule has 0 bridgehead atoms. The fourth-order valence-corrected chi connectivity index (χ4v) is 1.65. The van der Waals surface area contributed by atoms with Gasteiger partial charge in [-0.2, -0.15) is 5.10 Å². The van der Waals surface area contributed by atoms with Crippen molar-refractivity contribution in [2.45, 2.75) is 0 Å². The van der Waals surface area contributed by atoms with Crippen molar-refractivity contribution >= 4 is 22.6 Å². The summed E-state index contributed by atoms with van der Waals surface area (Å²) in [7, 11) is 0. The summed E-state index contributed by atoms with van der Waals surface area (Å²) >= 11 is 5.94. The quantitative estimate of drug-likeness (QED) is 0.615. The second-order valence-electron chi connectivity index (χ2n) is 3.10. The third-order valence-corrected chi connectivity index (χ3v) is 2.49. The monoisotopic (exact) mass is 219 g/mol. The zero-order valence-corrected chi connectivity index (χ0v) is 8.28. The van der Waals surface area contributed by atoms with Gasteiger partial charge in [-0.3, -0.25) is 5.10 Å². The standard InChI is InChI=1S/C9H6ClN5/c10-8-6-1-7(5-2-13-14-3-5)15-9(6)12-4-11-8/h1-4H,(H,13,14)(H,11,12,15). The van der Waals surface area contributed by atoms with Gasteiger partial charge in [0.2, 0.25) is 0 Å². The Labute approximate surface area is 89.5 Å². The maximum atomic E-state index is 5.94. The molecule has 2 N–H and O–H groups in total. The molecule has 3 rings (SSSR count). The summed E-state index contributed by atoms with van der Waals surface area (Å²) in [4.78, 5) is 11.1. The number of H-pyrrole nitrogens is 2. The van der Waals surface area contributed by atoms with Crippen LogP contribution in [-0.4, -0.2) is 25.1 Å². The number of nitrogens with zero attached hydrogens (tertiary/aromatic N) is 3. The maximum Gasteiger partial charge on any atom is 0.142 e. The highest BCUT2D eigenvalue weighted by Gasteiger charge is 2.07. The molecule has 0 amide bonds. The van der Waals surface area contributed by atoms with Crippen molar-refractivity contribution in [1.29, 1.82) is 0 Å². The van der Waals surface area contributed by atoms with Crippen LogP contribution in [0.25, 0.3) is 22.3 Å². The van der Waals surface area contributed by atoms with E-state index in [1.807, 2.05) is 6.07 Å². The van der Waals surface area contributed by atoms with E-state index < -0.39 is 0 Å². The predicted octanol–water partition coefficient (Wildman–Crippen LogP) is 2.00. The van der Waals surface area contributed by atoms with Gasteiger partial charge in [0, 0.05) is 11.8 Å². The first-order valence-electron chi connectivity index (χ1n) is 4.33. The lowest BCUT2D eigenvalue weighted by Crippen LogP contribution is -1.79. The lowest BCUT2D eigenvalue weighted by molar-refractivity contribution is 1.09. The smallest absolute Gasteiger partial charge is 0.142 e. The molecule has 0 unspecified atom stereocenters. The molecule has 3 aromatic heterocycles. The Bertz CT molecular complexity index is 598. The van der Waals surface area contributed by atoms with Crippen molar-refractivity contribution in [3.63, 3.8) is 0 Å². The fraction of sp³-hybridized carbons (Fsp3) is 0. The lowest BCUT2D eigenvalue weighted by atomic mass is 10.2. The van der Waals surface area contributed by atoms with Gasteiger partial charge in [0.15, 0.2) is 0 Å². The highest BCUT2D eigenvalue weighted by Crippen LogP contribution is 2.25. The Morgan fingerprint density at radius 3 is 2.93 bits per heavy atom. The molecule has 0 aliphatic rings. The topological polar surface area (TPSA) is 70.2 Å². The number of fused-ring (bicyclic) bond motifs is 1. The number of aromatic nitrogens is 5. The molecule has 3 aromatic rings. The Balaban J connectivity index is 2.27. The Morgan fingerprint density at radius 2 is 2.20 bits per heavy atom. The second-order valence-corrected chi connectivity index (χ2v) is 3.45. The average molecular weight is 220 g/mol. The molecule has 0 spiro atoms. The maximum absolute atomic E-state index is 5.94. The van der Waals surface area contributed by atoms with Crippen LogP contribution >= 0.6 is 11.6 Å². The van der Waals surface area contributed by atoms with Crippen molar-refractivity contribution in [2.75, 3.05) is 0 Å². The predicted molar refractivity (Wildman–Crippen MR) is 56.5 cm³/mol. The first-order chi connectivity index (χ1) is 7.34. The van der Waals surface area contributed by atoms with Crippen LogP contribution in [0.3, 0.4) is 0 Å². The highest BCUT2D eigenvalue weighted by atomic mass is 35.5. The van der Waals surface area contributed by atoms with Gasteiger partial charge in [0.05, 0.1) is 17.3 Å². The van der Waals surface area contributed by atoms with Gasteiger partial charge in [-0.15, -0.1) is 0 Å². The Kier molecular flexibility index (Phi) is 1.72. The summed E-state index contributed by atoms with van der Waals surface area (Å²) in [6.45, 7) is 0. The fourth-order valence-electron chi connectivity index (χ4n) is 1.46. The molecule has 6 heteroatoms. The number of hydrogen-bond acceptors (Lipinski definition) is 3. The highest BCUT2D eigenvalue weighted by molar-refractivity contribution is 6.34. The summed E-state index contributed by atoms with van der Waals surface area (Å²) in [6, 6.07) is 1.91. The minimum Gasteiger partial charge on any atom is -0.339 e. The van der Waals surface area contributed by atoms with E-state index in [2.05, 4.69) is 25.1 Å². The van der Waals surface area contributed by atoms with Crippen molar-refractivity contribution in [3.8, 4) is 11.3 Å². The van der Waals surface area contributed by atoms with Gasteiger partial charge in [-0.1, -0.05) is 11.6 Å². The van der Waals surface area contributed by atoms with Crippen molar-refractivity contribution < 1.29 is 0 Å². The van der Waals surface area contributed by atoms with E-state index in [1.165, 1.54) is 6.33 Å². The SMILES string of the molecule is Clc1ncnc2[nH]c(-c3cn[nH]c3)cc12. The molecule has 0 fully saturated rings. The molecular weight excluding hydrogens is 214 g/mol. The van der Waals surface area contributed by atoms with E-state index in [9.17, 15) is 0 Å². The van der Waals surface area contributed by atoms with Gasteiger partial charge in [0.25, 0.3) is 0 Å². The molecule has 5 nitrogen and oxygen atoms in total. The van der Waals surface area contributed by atoms with Crippen LogP contribution in [0.2, 0.25) is 5.15 Å². The zero-order chi connectivity index (χ0) is 10.3. The molecule has 3 heterocycles. The average Bonchev–Trinajstić information content (AvgIpc) is 2.86. The summed E-state index contributed by atoms with van der Waals surface area (Å²) < 4.78 is 0. The lowest BCUT2D eigenvalue weighted by Gasteiger charge is -1.88. The van der Waals surface area contributed by atoms with Gasteiger partial charge in [-0.05, 0) is 6.07 Å². The van der Waals surface area contributed by atoms with Gasteiger partial charge >= 0.3 is 0 Å². The largest absolute Gasteiger partial charge is 0.339 e.